The summed E-state index contributed by atoms with van der Waals surface area (Å²) < 4.78 is 2.26. The molecule has 0 fully saturated rings. The van der Waals surface area contributed by atoms with Gasteiger partial charge in [0.25, 0.3) is 0 Å². The summed E-state index contributed by atoms with van der Waals surface area (Å²) >= 11 is 1.26. The van der Waals surface area contributed by atoms with Crippen molar-refractivity contribution in [2.75, 3.05) is 0 Å². The molecular formula is C21H20Hf. The number of benzene rings is 2. The van der Waals surface area contributed by atoms with Crippen molar-refractivity contribution in [3.05, 3.63) is 84.9 Å². The van der Waals surface area contributed by atoms with E-state index in [4.69, 9.17) is 0 Å². The average molecular weight is 451 g/mol. The molecule has 0 nitrogen and oxygen atoms in total. The second kappa shape index (κ2) is 9.42. The summed E-state index contributed by atoms with van der Waals surface area (Å²) in [5, 5.41) is 5.32. The van der Waals surface area contributed by atoms with Gasteiger partial charge in [-0.2, -0.15) is 35.0 Å². The van der Waals surface area contributed by atoms with Crippen molar-refractivity contribution in [2.24, 2.45) is 0 Å². The summed E-state index contributed by atoms with van der Waals surface area (Å²) in [5.74, 6) is 0. The maximum Gasteiger partial charge on any atom is -0.0809 e. The molecule has 0 aliphatic rings. The van der Waals surface area contributed by atoms with E-state index in [2.05, 4.69) is 95.6 Å². The minimum absolute atomic E-state index is 1.26. The van der Waals surface area contributed by atoms with Crippen LogP contribution in [0, 0.1) is 0 Å². The van der Waals surface area contributed by atoms with Gasteiger partial charge in [0.15, 0.2) is 0 Å². The molecule has 0 N–H and O–H groups in total. The van der Waals surface area contributed by atoms with Crippen LogP contribution in [0.1, 0.15) is 13.3 Å². The van der Waals surface area contributed by atoms with E-state index in [0.717, 1.165) is 0 Å². The Bertz CT molecular complexity index is 678. The minimum Gasteiger partial charge on any atom is -0.168 e. The Morgan fingerprint density at radius 1 is 0.773 bits per heavy atom. The molecule has 0 heterocycles. The van der Waals surface area contributed by atoms with Gasteiger partial charge in [-0.05, 0) is 0 Å². The molecule has 4 rings (SSSR count). The van der Waals surface area contributed by atoms with Gasteiger partial charge in [-0.15, -0.1) is 59.3 Å². The van der Waals surface area contributed by atoms with E-state index >= 15 is 0 Å². The molecular weight excluding hydrogens is 431 g/mol. The minimum atomic E-state index is 1.26. The maximum atomic E-state index is 2.26. The number of rotatable bonds is 1. The Balaban J connectivity index is 0.000000131. The van der Waals surface area contributed by atoms with Crippen LogP contribution in [0.4, 0.5) is 0 Å². The first-order valence-corrected chi connectivity index (χ1v) is 9.62. The second-order valence-corrected chi connectivity index (χ2v) is 6.39. The van der Waals surface area contributed by atoms with Gasteiger partial charge in [0.1, 0.15) is 0 Å². The van der Waals surface area contributed by atoms with Crippen LogP contribution in [-0.4, -0.2) is 3.76 Å². The van der Waals surface area contributed by atoms with E-state index in [1.165, 1.54) is 51.9 Å². The first-order chi connectivity index (χ1) is 10.8. The molecule has 1 heteroatoms. The van der Waals surface area contributed by atoms with Crippen LogP contribution in [0.5, 0.6) is 0 Å². The molecule has 0 bridgehead atoms. The van der Waals surface area contributed by atoms with E-state index in [1.54, 1.807) is 0 Å². The van der Waals surface area contributed by atoms with Crippen molar-refractivity contribution in [1.82, 2.24) is 0 Å². The molecule has 0 spiro atoms. The van der Waals surface area contributed by atoms with Crippen LogP contribution in [-0.2, 0) is 23.9 Å². The monoisotopic (exact) mass is 452 g/mol. The number of hydrogen-bond donors (Lipinski definition) is 0. The maximum absolute atomic E-state index is 2.26. The molecule has 0 unspecified atom stereocenters. The van der Waals surface area contributed by atoms with Crippen molar-refractivity contribution >= 4 is 25.3 Å². The van der Waals surface area contributed by atoms with E-state index in [9.17, 15) is 0 Å². The summed E-state index contributed by atoms with van der Waals surface area (Å²) in [6.07, 6.45) is 1.26. The van der Waals surface area contributed by atoms with Crippen LogP contribution >= 0.6 is 0 Å². The third-order valence-corrected chi connectivity index (χ3v) is 4.77. The SMILES string of the molecule is CC[CH]=[Hf+2].c1ccc2[cH-]ccc2c1.c1ccc2[cH-]ccc2c1. The third-order valence-electron chi connectivity index (χ3n) is 3.30. The van der Waals surface area contributed by atoms with Crippen molar-refractivity contribution in [2.45, 2.75) is 13.3 Å². The molecule has 0 radical (unpaired) electrons. The first-order valence-electron chi connectivity index (χ1n) is 7.55. The fourth-order valence-electron chi connectivity index (χ4n) is 2.14. The van der Waals surface area contributed by atoms with E-state index < -0.39 is 0 Å². The Morgan fingerprint density at radius 3 is 1.55 bits per heavy atom. The number of fused-ring (bicyclic) bond motifs is 2. The predicted molar refractivity (Wildman–Crippen MR) is 95.4 cm³/mol. The van der Waals surface area contributed by atoms with Gasteiger partial charge in [-0.1, -0.05) is 12.1 Å². The molecule has 0 amide bonds. The predicted octanol–water partition coefficient (Wildman–Crippen LogP) is 5.86. The third kappa shape index (κ3) is 4.99. The van der Waals surface area contributed by atoms with Crippen LogP contribution in [0.15, 0.2) is 84.9 Å². The van der Waals surface area contributed by atoms with Crippen molar-refractivity contribution in [1.29, 1.82) is 0 Å². The zero-order valence-corrected chi connectivity index (χ0v) is 16.5. The summed E-state index contributed by atoms with van der Waals surface area (Å²) in [4.78, 5) is 0. The largest absolute Gasteiger partial charge is 0.168 e. The van der Waals surface area contributed by atoms with Crippen molar-refractivity contribution in [3.8, 4) is 0 Å². The Labute approximate surface area is 147 Å². The van der Waals surface area contributed by atoms with Gasteiger partial charge in [-0.3, -0.25) is 0 Å². The average Bonchev–Trinajstić information content (AvgIpc) is 3.24. The first kappa shape index (κ1) is 16.8. The zero-order valence-electron chi connectivity index (χ0n) is 12.9. The smallest absolute Gasteiger partial charge is 0.0809 e. The van der Waals surface area contributed by atoms with Crippen LogP contribution in [0.3, 0.4) is 0 Å². The Hall–Kier alpha value is -1.60. The molecule has 0 aliphatic carbocycles. The van der Waals surface area contributed by atoms with Crippen LogP contribution < -0.4 is 0 Å². The van der Waals surface area contributed by atoms with Gasteiger partial charge in [0.05, 0.1) is 0 Å². The Morgan fingerprint density at radius 2 is 1.18 bits per heavy atom. The second-order valence-electron chi connectivity index (χ2n) is 4.92. The van der Waals surface area contributed by atoms with Gasteiger partial charge >= 0.3 is 41.0 Å². The van der Waals surface area contributed by atoms with Crippen molar-refractivity contribution in [3.63, 3.8) is 0 Å². The summed E-state index contributed by atoms with van der Waals surface area (Å²) in [6.45, 7) is 2.16. The molecule has 0 atom stereocenters. The van der Waals surface area contributed by atoms with Crippen LogP contribution in [0.25, 0.3) is 21.5 Å². The van der Waals surface area contributed by atoms with Gasteiger partial charge in [0, 0.05) is 0 Å². The molecule has 22 heavy (non-hydrogen) atoms. The molecule has 0 saturated heterocycles. The molecule has 0 saturated carbocycles. The summed E-state index contributed by atoms with van der Waals surface area (Å²) in [7, 11) is 0. The molecule has 0 aromatic heterocycles. The van der Waals surface area contributed by atoms with Gasteiger partial charge in [-0.25, -0.2) is 0 Å². The molecule has 4 aromatic carbocycles. The number of hydrogen-bond acceptors (Lipinski definition) is 0. The Kier molecular flexibility index (Phi) is 7.18. The van der Waals surface area contributed by atoms with Gasteiger partial charge in [0.2, 0.25) is 0 Å². The topological polar surface area (TPSA) is 0 Å². The molecule has 0 aliphatic heterocycles. The molecule has 4 aromatic rings. The van der Waals surface area contributed by atoms with E-state index in [-0.39, 0.29) is 0 Å². The van der Waals surface area contributed by atoms with E-state index in [0.29, 0.717) is 0 Å². The summed E-state index contributed by atoms with van der Waals surface area (Å²) in [6, 6.07) is 29.3. The normalized spacial score (nSPS) is 9.59. The van der Waals surface area contributed by atoms with E-state index in [1.807, 2.05) is 0 Å². The quantitative estimate of drug-likeness (QED) is 0.251. The summed E-state index contributed by atoms with van der Waals surface area (Å²) in [5.41, 5.74) is 0. The van der Waals surface area contributed by atoms with Gasteiger partial charge < -0.3 is 0 Å². The fourth-order valence-corrected chi connectivity index (χ4v) is 2.14. The van der Waals surface area contributed by atoms with Crippen LogP contribution in [0.2, 0.25) is 0 Å². The standard InChI is InChI=1S/2C9H7.C3H6.Hf/c2*1-2-5-9-7-3-6-8(9)4-1;1-3-2;/h2*1-7H;1H,3H2,2H3;/q2*-1;;+2. The zero-order chi connectivity index (χ0) is 15.6. The molecule has 108 valence electrons. The van der Waals surface area contributed by atoms with Crippen molar-refractivity contribution < 1.29 is 23.9 Å². The fraction of sp³-hybridized carbons (Fsp3) is 0.0952.